The highest BCUT2D eigenvalue weighted by Crippen LogP contribution is 2.34. The molecule has 1 N–H and O–H groups in total. The van der Waals surface area contributed by atoms with Gasteiger partial charge in [-0.05, 0) is 36.4 Å². The number of nitrogens with one attached hydrogen (secondary N) is 1. The second kappa shape index (κ2) is 6.34. The fraction of sp³-hybridized carbons (Fsp3) is 0.111. The second-order valence-corrected chi connectivity index (χ2v) is 7.22. The van der Waals surface area contributed by atoms with Crippen LogP contribution in [0.3, 0.4) is 0 Å². The molecule has 0 saturated heterocycles. The van der Waals surface area contributed by atoms with Crippen LogP contribution in [0.1, 0.15) is 21.9 Å². The number of nitrogens with zero attached hydrogens (tertiary/aromatic N) is 2. The quantitative estimate of drug-likeness (QED) is 0.492. The molecule has 0 aliphatic heterocycles. The van der Waals surface area contributed by atoms with E-state index < -0.39 is 6.43 Å². The van der Waals surface area contributed by atoms with Gasteiger partial charge in [-0.3, -0.25) is 4.79 Å². The van der Waals surface area contributed by atoms with E-state index in [9.17, 15) is 13.6 Å². The molecule has 0 atom stereocenters. The van der Waals surface area contributed by atoms with Gasteiger partial charge in [0.25, 0.3) is 12.3 Å². The first-order valence-electron chi connectivity index (χ1n) is 7.68. The number of thiazole rings is 1. The van der Waals surface area contributed by atoms with Gasteiger partial charge in [0, 0.05) is 23.0 Å². The van der Waals surface area contributed by atoms with Crippen molar-refractivity contribution >= 4 is 55.7 Å². The molecule has 0 aliphatic carbocycles. The number of benzene rings is 2. The lowest BCUT2D eigenvalue weighted by atomic mass is 10.2. The van der Waals surface area contributed by atoms with Gasteiger partial charge in [0.05, 0.1) is 15.9 Å². The summed E-state index contributed by atoms with van der Waals surface area (Å²) in [4.78, 5) is 16.7. The number of hydrogen-bond acceptors (Lipinski definition) is 3. The molecular formula is C18H12ClF2N3OS. The maximum absolute atomic E-state index is 12.9. The number of fused-ring (bicyclic) bond motifs is 2. The molecule has 0 saturated carbocycles. The monoisotopic (exact) mass is 391 g/mol. The topological polar surface area (TPSA) is 46.9 Å². The van der Waals surface area contributed by atoms with Gasteiger partial charge >= 0.3 is 0 Å². The van der Waals surface area contributed by atoms with Gasteiger partial charge in [-0.1, -0.05) is 17.7 Å². The van der Waals surface area contributed by atoms with Gasteiger partial charge in [-0.25, -0.2) is 13.8 Å². The standard InChI is InChI=1S/C18H12ClF2N3OS/c1-24-13-6-5-10(19)7-9(13)8-14(24)17(25)22-11-3-2-4-12-15(11)26-18(23-12)16(20)21/h2-8,16H,1H3,(H,22,25). The number of carbonyl (C=O) groups is 1. The van der Waals surface area contributed by atoms with E-state index in [1.807, 2.05) is 6.07 Å². The summed E-state index contributed by atoms with van der Waals surface area (Å²) in [6.45, 7) is 0. The van der Waals surface area contributed by atoms with Crippen molar-refractivity contribution in [2.75, 3.05) is 5.32 Å². The van der Waals surface area contributed by atoms with E-state index in [1.54, 1.807) is 48.0 Å². The van der Waals surface area contributed by atoms with Crippen molar-refractivity contribution < 1.29 is 13.6 Å². The zero-order valence-electron chi connectivity index (χ0n) is 13.5. The van der Waals surface area contributed by atoms with Gasteiger partial charge in [0.1, 0.15) is 5.69 Å². The molecule has 4 rings (SSSR count). The van der Waals surface area contributed by atoms with Crippen molar-refractivity contribution in [1.29, 1.82) is 0 Å². The fourth-order valence-electron chi connectivity index (χ4n) is 2.88. The van der Waals surface area contributed by atoms with Crippen LogP contribution in [0, 0.1) is 0 Å². The van der Waals surface area contributed by atoms with Crippen LogP contribution >= 0.6 is 22.9 Å². The first-order chi connectivity index (χ1) is 12.4. The Bertz CT molecular complexity index is 1150. The van der Waals surface area contributed by atoms with Gasteiger partial charge in [0.15, 0.2) is 5.01 Å². The van der Waals surface area contributed by atoms with Gasteiger partial charge in [-0.2, -0.15) is 0 Å². The molecule has 2 heterocycles. The van der Waals surface area contributed by atoms with Gasteiger partial charge < -0.3 is 9.88 Å². The number of aryl methyl sites for hydroxylation is 1. The molecule has 0 unspecified atom stereocenters. The number of anilines is 1. The Balaban J connectivity index is 1.73. The van der Waals surface area contributed by atoms with E-state index >= 15 is 0 Å². The van der Waals surface area contributed by atoms with Crippen LogP contribution in [0.5, 0.6) is 0 Å². The van der Waals surface area contributed by atoms with E-state index in [2.05, 4.69) is 10.3 Å². The summed E-state index contributed by atoms with van der Waals surface area (Å²) in [5.41, 5.74) is 2.21. The number of carbonyl (C=O) groups excluding carboxylic acids is 1. The summed E-state index contributed by atoms with van der Waals surface area (Å²) in [6, 6.07) is 12.1. The normalized spacial score (nSPS) is 11.6. The fourth-order valence-corrected chi connectivity index (χ4v) is 3.95. The van der Waals surface area contributed by atoms with Crippen molar-refractivity contribution in [3.05, 3.63) is 58.2 Å². The van der Waals surface area contributed by atoms with Crippen LogP contribution in [0.4, 0.5) is 14.5 Å². The molecule has 4 aromatic rings. The Morgan fingerprint density at radius 2 is 2.08 bits per heavy atom. The third kappa shape index (κ3) is 2.83. The summed E-state index contributed by atoms with van der Waals surface area (Å²) in [5.74, 6) is -0.334. The smallest absolute Gasteiger partial charge is 0.289 e. The number of amides is 1. The largest absolute Gasteiger partial charge is 0.340 e. The highest BCUT2D eigenvalue weighted by Gasteiger charge is 2.18. The Morgan fingerprint density at radius 1 is 1.27 bits per heavy atom. The summed E-state index contributed by atoms with van der Waals surface area (Å²) >= 11 is 6.89. The molecule has 1 amide bonds. The molecule has 0 aliphatic rings. The van der Waals surface area contributed by atoms with Crippen molar-refractivity contribution in [2.24, 2.45) is 7.05 Å². The lowest BCUT2D eigenvalue weighted by Gasteiger charge is -2.07. The molecule has 0 spiro atoms. The molecule has 8 heteroatoms. The van der Waals surface area contributed by atoms with E-state index in [1.165, 1.54) is 0 Å². The predicted octanol–water partition coefficient (Wildman–Crippen LogP) is 5.63. The summed E-state index contributed by atoms with van der Waals surface area (Å²) < 4.78 is 28.1. The van der Waals surface area contributed by atoms with Crippen molar-refractivity contribution in [2.45, 2.75) is 6.43 Å². The highest BCUT2D eigenvalue weighted by molar-refractivity contribution is 7.19. The molecule has 0 fully saturated rings. The van der Waals surface area contributed by atoms with E-state index in [4.69, 9.17) is 11.6 Å². The van der Waals surface area contributed by atoms with Crippen LogP contribution in [0.15, 0.2) is 42.5 Å². The number of hydrogen-bond donors (Lipinski definition) is 1. The number of aromatic nitrogens is 2. The zero-order valence-corrected chi connectivity index (χ0v) is 15.0. The first-order valence-corrected chi connectivity index (χ1v) is 8.87. The van der Waals surface area contributed by atoms with E-state index in [0.29, 0.717) is 26.6 Å². The average Bonchev–Trinajstić information content (AvgIpc) is 3.17. The van der Waals surface area contributed by atoms with Crippen molar-refractivity contribution in [3.8, 4) is 0 Å². The van der Waals surface area contributed by atoms with Gasteiger partial charge in [0.2, 0.25) is 0 Å². The molecule has 4 nitrogen and oxygen atoms in total. The summed E-state index contributed by atoms with van der Waals surface area (Å²) in [6.07, 6.45) is -2.64. The minimum absolute atomic E-state index is 0.263. The maximum Gasteiger partial charge on any atom is 0.289 e. The predicted molar refractivity (Wildman–Crippen MR) is 100 cm³/mol. The lowest BCUT2D eigenvalue weighted by molar-refractivity contribution is 0.102. The molecule has 26 heavy (non-hydrogen) atoms. The molecule has 0 bridgehead atoms. The van der Waals surface area contributed by atoms with Crippen LogP contribution in [-0.4, -0.2) is 15.5 Å². The maximum atomic E-state index is 12.9. The molecule has 2 aromatic carbocycles. The van der Waals surface area contributed by atoms with Crippen molar-refractivity contribution in [3.63, 3.8) is 0 Å². The lowest BCUT2D eigenvalue weighted by Crippen LogP contribution is -2.15. The summed E-state index contributed by atoms with van der Waals surface area (Å²) in [5, 5.41) is 3.97. The van der Waals surface area contributed by atoms with Crippen LogP contribution in [0.25, 0.3) is 21.1 Å². The minimum atomic E-state index is -2.64. The van der Waals surface area contributed by atoms with Gasteiger partial charge in [-0.15, -0.1) is 11.3 Å². The number of halogens is 3. The number of alkyl halides is 2. The third-order valence-corrected chi connectivity index (χ3v) is 5.45. The average molecular weight is 392 g/mol. The second-order valence-electron chi connectivity index (χ2n) is 5.75. The molecule has 2 aromatic heterocycles. The minimum Gasteiger partial charge on any atom is -0.340 e. The SMILES string of the molecule is Cn1c(C(=O)Nc2cccc3nc(C(F)F)sc23)cc2cc(Cl)ccc21. The third-order valence-electron chi connectivity index (χ3n) is 4.10. The molecule has 132 valence electrons. The molecule has 0 radical (unpaired) electrons. The van der Waals surface area contributed by atoms with E-state index in [-0.39, 0.29) is 10.9 Å². The van der Waals surface area contributed by atoms with Crippen LogP contribution in [-0.2, 0) is 7.05 Å². The first kappa shape index (κ1) is 16.9. The Labute approximate surface area is 156 Å². The Kier molecular flexibility index (Phi) is 4.13. The Morgan fingerprint density at radius 3 is 2.85 bits per heavy atom. The van der Waals surface area contributed by atoms with Crippen molar-refractivity contribution in [1.82, 2.24) is 9.55 Å². The van der Waals surface area contributed by atoms with Crippen LogP contribution < -0.4 is 5.32 Å². The summed E-state index contributed by atoms with van der Waals surface area (Å²) in [7, 11) is 1.79. The van der Waals surface area contributed by atoms with E-state index in [0.717, 1.165) is 22.2 Å². The zero-order chi connectivity index (χ0) is 18.4. The van der Waals surface area contributed by atoms with Crippen LogP contribution in [0.2, 0.25) is 5.02 Å². The highest BCUT2D eigenvalue weighted by atomic mass is 35.5. The molecular weight excluding hydrogens is 380 g/mol. The Hall–Kier alpha value is -2.51. The number of rotatable bonds is 3.